The number of hydrogen-bond acceptors (Lipinski definition) is 4. The van der Waals surface area contributed by atoms with Crippen molar-refractivity contribution in [1.82, 2.24) is 4.98 Å². The van der Waals surface area contributed by atoms with E-state index < -0.39 is 0 Å². The average Bonchev–Trinajstić information content (AvgIpc) is 2.87. The van der Waals surface area contributed by atoms with E-state index in [1.165, 1.54) is 0 Å². The van der Waals surface area contributed by atoms with Crippen LogP contribution in [0.2, 0.25) is 0 Å². The minimum atomic E-state index is 0.252. The van der Waals surface area contributed by atoms with Crippen molar-refractivity contribution >= 4 is 5.69 Å². The van der Waals surface area contributed by atoms with Crippen LogP contribution >= 0.6 is 0 Å². The van der Waals surface area contributed by atoms with Gasteiger partial charge in [-0.15, -0.1) is 0 Å². The smallest absolute Gasteiger partial charge is 0.139 e. The lowest BCUT2D eigenvalue weighted by molar-refractivity contribution is 0.0678. The summed E-state index contributed by atoms with van der Waals surface area (Å²) in [5.74, 6) is 0.807. The van der Waals surface area contributed by atoms with Gasteiger partial charge in [-0.1, -0.05) is 6.92 Å². The normalized spacial score (nSPS) is 19.2. The number of pyridine rings is 1. The highest BCUT2D eigenvalue weighted by atomic mass is 16.5. The van der Waals surface area contributed by atoms with E-state index in [-0.39, 0.29) is 6.10 Å². The molecule has 94 valence electrons. The van der Waals surface area contributed by atoms with E-state index in [2.05, 4.69) is 17.2 Å². The van der Waals surface area contributed by atoms with Gasteiger partial charge in [-0.05, 0) is 19.3 Å². The molecule has 1 unspecified atom stereocenters. The van der Waals surface area contributed by atoms with Crippen LogP contribution < -0.4 is 10.1 Å². The minimum Gasteiger partial charge on any atom is -0.489 e. The lowest BCUT2D eigenvalue weighted by Gasteiger charge is -2.12. The van der Waals surface area contributed by atoms with Crippen LogP contribution in [0.5, 0.6) is 5.75 Å². The zero-order valence-electron chi connectivity index (χ0n) is 10.3. The molecular formula is C13H20N2O2. The van der Waals surface area contributed by atoms with E-state index in [0.717, 1.165) is 43.9 Å². The van der Waals surface area contributed by atoms with Gasteiger partial charge >= 0.3 is 0 Å². The number of nitrogens with one attached hydrogen (secondary N) is 1. The molecule has 1 saturated heterocycles. The summed E-state index contributed by atoms with van der Waals surface area (Å²) in [6.07, 6.45) is 7.15. The molecule has 4 nitrogen and oxygen atoms in total. The molecule has 0 aromatic carbocycles. The van der Waals surface area contributed by atoms with Crippen molar-refractivity contribution in [3.05, 3.63) is 18.5 Å². The quantitative estimate of drug-likeness (QED) is 0.824. The zero-order valence-corrected chi connectivity index (χ0v) is 10.3. The predicted molar refractivity (Wildman–Crippen MR) is 67.5 cm³/mol. The maximum Gasteiger partial charge on any atom is 0.139 e. The standard InChI is InChI=1S/C13H20N2O2/c1-2-5-15-11-7-13(9-14-8-11)17-10-12-4-3-6-16-12/h7-9,12,15H,2-6,10H2,1H3. The Morgan fingerprint density at radius 2 is 2.47 bits per heavy atom. The van der Waals surface area contributed by atoms with Crippen LogP contribution in [0.1, 0.15) is 26.2 Å². The molecule has 1 N–H and O–H groups in total. The number of hydrogen-bond donors (Lipinski definition) is 1. The van der Waals surface area contributed by atoms with Gasteiger partial charge in [0.25, 0.3) is 0 Å². The molecule has 1 aliphatic rings. The lowest BCUT2D eigenvalue weighted by atomic mass is 10.2. The van der Waals surface area contributed by atoms with Gasteiger partial charge in [0.05, 0.1) is 24.2 Å². The van der Waals surface area contributed by atoms with Gasteiger partial charge in [-0.3, -0.25) is 4.98 Å². The van der Waals surface area contributed by atoms with Crippen molar-refractivity contribution in [2.45, 2.75) is 32.3 Å². The summed E-state index contributed by atoms with van der Waals surface area (Å²) < 4.78 is 11.2. The molecule has 1 aromatic rings. The van der Waals surface area contributed by atoms with Crippen LogP contribution in [0.15, 0.2) is 18.5 Å². The van der Waals surface area contributed by atoms with Crippen molar-refractivity contribution in [3.8, 4) is 5.75 Å². The maximum atomic E-state index is 5.68. The van der Waals surface area contributed by atoms with Crippen LogP contribution in [-0.2, 0) is 4.74 Å². The van der Waals surface area contributed by atoms with E-state index in [9.17, 15) is 0 Å². The Morgan fingerprint density at radius 3 is 3.24 bits per heavy atom. The molecular weight excluding hydrogens is 216 g/mol. The number of rotatable bonds is 6. The van der Waals surface area contributed by atoms with Crippen LogP contribution in [0.25, 0.3) is 0 Å². The molecule has 0 saturated carbocycles. The largest absolute Gasteiger partial charge is 0.489 e. The third-order valence-electron chi connectivity index (χ3n) is 2.75. The first kappa shape index (κ1) is 12.2. The van der Waals surface area contributed by atoms with Crippen LogP contribution in [0.4, 0.5) is 5.69 Å². The molecule has 1 aliphatic heterocycles. The van der Waals surface area contributed by atoms with Crippen molar-refractivity contribution in [3.63, 3.8) is 0 Å². The third kappa shape index (κ3) is 3.89. The fraction of sp³-hybridized carbons (Fsp3) is 0.615. The van der Waals surface area contributed by atoms with Gasteiger partial charge in [0.2, 0.25) is 0 Å². The molecule has 1 aromatic heterocycles. The van der Waals surface area contributed by atoms with Gasteiger partial charge in [-0.2, -0.15) is 0 Å². The minimum absolute atomic E-state index is 0.252. The molecule has 4 heteroatoms. The van der Waals surface area contributed by atoms with E-state index in [4.69, 9.17) is 9.47 Å². The molecule has 0 amide bonds. The molecule has 0 radical (unpaired) electrons. The van der Waals surface area contributed by atoms with Crippen LogP contribution in [0, 0.1) is 0 Å². The highest BCUT2D eigenvalue weighted by Crippen LogP contribution is 2.18. The highest BCUT2D eigenvalue weighted by molar-refractivity contribution is 5.44. The summed E-state index contributed by atoms with van der Waals surface area (Å²) in [7, 11) is 0. The fourth-order valence-electron chi connectivity index (χ4n) is 1.83. The molecule has 0 spiro atoms. The predicted octanol–water partition coefficient (Wildman–Crippen LogP) is 2.46. The Balaban J connectivity index is 1.82. The Morgan fingerprint density at radius 1 is 1.53 bits per heavy atom. The number of aromatic nitrogens is 1. The summed E-state index contributed by atoms with van der Waals surface area (Å²) in [5, 5.41) is 3.29. The van der Waals surface area contributed by atoms with Gasteiger partial charge in [-0.25, -0.2) is 0 Å². The average molecular weight is 236 g/mol. The summed E-state index contributed by atoms with van der Waals surface area (Å²) in [4.78, 5) is 4.15. The highest BCUT2D eigenvalue weighted by Gasteiger charge is 2.15. The second kappa shape index (κ2) is 6.45. The molecule has 1 atom stereocenters. The third-order valence-corrected chi connectivity index (χ3v) is 2.75. The van der Waals surface area contributed by atoms with E-state index in [1.54, 1.807) is 6.20 Å². The molecule has 0 bridgehead atoms. The van der Waals surface area contributed by atoms with E-state index >= 15 is 0 Å². The SMILES string of the molecule is CCCNc1cncc(OCC2CCCO2)c1. The topological polar surface area (TPSA) is 43.4 Å². The first-order valence-corrected chi connectivity index (χ1v) is 6.32. The van der Waals surface area contributed by atoms with Gasteiger partial charge in [0, 0.05) is 19.2 Å². The van der Waals surface area contributed by atoms with Gasteiger partial charge in [0.15, 0.2) is 0 Å². The zero-order chi connectivity index (χ0) is 11.9. The van der Waals surface area contributed by atoms with E-state index in [1.807, 2.05) is 12.3 Å². The summed E-state index contributed by atoms with van der Waals surface area (Å²) >= 11 is 0. The fourth-order valence-corrected chi connectivity index (χ4v) is 1.83. The molecule has 2 rings (SSSR count). The summed E-state index contributed by atoms with van der Waals surface area (Å²) in [6, 6.07) is 1.98. The monoisotopic (exact) mass is 236 g/mol. The molecule has 2 heterocycles. The first-order chi connectivity index (χ1) is 8.38. The first-order valence-electron chi connectivity index (χ1n) is 6.32. The molecule has 1 fully saturated rings. The second-order valence-electron chi connectivity index (χ2n) is 4.28. The van der Waals surface area contributed by atoms with Crippen molar-refractivity contribution in [2.75, 3.05) is 25.1 Å². The number of nitrogens with zero attached hydrogens (tertiary/aromatic N) is 1. The second-order valence-corrected chi connectivity index (χ2v) is 4.28. The lowest BCUT2D eigenvalue weighted by Crippen LogP contribution is -2.16. The number of anilines is 1. The molecule has 17 heavy (non-hydrogen) atoms. The van der Waals surface area contributed by atoms with Gasteiger partial charge in [0.1, 0.15) is 12.4 Å². The van der Waals surface area contributed by atoms with Crippen LogP contribution in [0.3, 0.4) is 0 Å². The summed E-state index contributed by atoms with van der Waals surface area (Å²) in [5.41, 5.74) is 1.01. The van der Waals surface area contributed by atoms with Gasteiger partial charge < -0.3 is 14.8 Å². The van der Waals surface area contributed by atoms with Crippen molar-refractivity contribution in [2.24, 2.45) is 0 Å². The van der Waals surface area contributed by atoms with E-state index in [0.29, 0.717) is 6.61 Å². The van der Waals surface area contributed by atoms with Crippen LogP contribution in [-0.4, -0.2) is 30.8 Å². The number of ether oxygens (including phenoxy) is 2. The van der Waals surface area contributed by atoms with Crippen molar-refractivity contribution < 1.29 is 9.47 Å². The molecule has 0 aliphatic carbocycles. The Kier molecular flexibility index (Phi) is 4.62. The Bertz CT molecular complexity index is 338. The van der Waals surface area contributed by atoms with Crippen molar-refractivity contribution in [1.29, 1.82) is 0 Å². The Hall–Kier alpha value is -1.29. The maximum absolute atomic E-state index is 5.68. The summed E-state index contributed by atoms with van der Waals surface area (Å²) in [6.45, 7) is 4.58. The Labute approximate surface area is 102 Å².